The van der Waals surface area contributed by atoms with Crippen molar-refractivity contribution in [2.24, 2.45) is 0 Å². The summed E-state index contributed by atoms with van der Waals surface area (Å²) in [6.45, 7) is 4.80. The molecule has 0 unspecified atom stereocenters. The molecule has 27 heavy (non-hydrogen) atoms. The van der Waals surface area contributed by atoms with E-state index < -0.39 is 0 Å². The summed E-state index contributed by atoms with van der Waals surface area (Å²) in [6.07, 6.45) is 4.77. The lowest BCUT2D eigenvalue weighted by Crippen LogP contribution is -2.41. The van der Waals surface area contributed by atoms with E-state index in [1.807, 2.05) is 67.8 Å². The highest BCUT2D eigenvalue weighted by Gasteiger charge is 2.16. The van der Waals surface area contributed by atoms with E-state index in [0.717, 1.165) is 43.3 Å². The Kier molecular flexibility index (Phi) is 7.18. The van der Waals surface area contributed by atoms with Crippen molar-refractivity contribution in [1.82, 2.24) is 15.3 Å². The molecular formula is C22H33N5. The SMILES string of the molecule is Cc1ccc(CCNC[C@H]2CNc3cccnc3N2)cn1.[HH].[HH].[HH].c1ccccc1. The number of anilines is 2. The maximum absolute atomic E-state index is 4.34. The number of hydrogen-bond donors (Lipinski definition) is 3. The average Bonchev–Trinajstić information content (AvgIpc) is 2.74. The van der Waals surface area contributed by atoms with E-state index in [1.54, 1.807) is 0 Å². The predicted molar refractivity (Wildman–Crippen MR) is 118 cm³/mol. The first kappa shape index (κ1) is 18.9. The largest absolute Gasteiger partial charge is 0.380 e. The van der Waals surface area contributed by atoms with Crippen LogP contribution in [0.25, 0.3) is 0 Å². The highest BCUT2D eigenvalue weighted by Crippen LogP contribution is 2.21. The molecule has 1 aliphatic heterocycles. The third kappa shape index (κ3) is 6.38. The second-order valence-corrected chi connectivity index (χ2v) is 6.54. The van der Waals surface area contributed by atoms with Gasteiger partial charge in [0.1, 0.15) is 5.82 Å². The molecule has 1 aliphatic rings. The zero-order valence-electron chi connectivity index (χ0n) is 15.7. The van der Waals surface area contributed by atoms with Crippen LogP contribution in [0.1, 0.15) is 15.5 Å². The van der Waals surface area contributed by atoms with E-state index in [1.165, 1.54) is 5.56 Å². The van der Waals surface area contributed by atoms with Crippen LogP contribution in [0.3, 0.4) is 0 Å². The minimum absolute atomic E-state index is 0. The van der Waals surface area contributed by atoms with E-state index in [2.05, 4.69) is 38.1 Å². The second-order valence-electron chi connectivity index (χ2n) is 6.54. The van der Waals surface area contributed by atoms with Crippen LogP contribution in [0.15, 0.2) is 73.1 Å². The fourth-order valence-corrected chi connectivity index (χ4v) is 2.80. The molecule has 5 heteroatoms. The van der Waals surface area contributed by atoms with Gasteiger partial charge in [-0.15, -0.1) is 0 Å². The first-order valence-corrected chi connectivity index (χ1v) is 9.39. The molecule has 5 nitrogen and oxygen atoms in total. The molecule has 4 rings (SSSR count). The van der Waals surface area contributed by atoms with Gasteiger partial charge in [0.15, 0.2) is 0 Å². The Bertz CT molecular complexity index is 777. The van der Waals surface area contributed by atoms with Crippen LogP contribution in [-0.2, 0) is 6.42 Å². The van der Waals surface area contributed by atoms with E-state index in [9.17, 15) is 0 Å². The molecule has 1 atom stereocenters. The number of hydrogen-bond acceptors (Lipinski definition) is 5. The Balaban J connectivity index is 0.000000814. The molecule has 3 heterocycles. The fourth-order valence-electron chi connectivity index (χ4n) is 2.80. The van der Waals surface area contributed by atoms with Gasteiger partial charge in [-0.25, -0.2) is 4.98 Å². The molecule has 0 aliphatic carbocycles. The van der Waals surface area contributed by atoms with Crippen molar-refractivity contribution in [3.8, 4) is 0 Å². The molecule has 1 aromatic carbocycles. The Morgan fingerprint density at radius 1 is 1.04 bits per heavy atom. The molecule has 0 saturated carbocycles. The topological polar surface area (TPSA) is 61.9 Å². The lowest BCUT2D eigenvalue weighted by atomic mass is 10.2. The summed E-state index contributed by atoms with van der Waals surface area (Å²) in [7, 11) is 0. The van der Waals surface area contributed by atoms with Gasteiger partial charge in [-0.1, -0.05) is 42.5 Å². The molecule has 3 N–H and O–H groups in total. The van der Waals surface area contributed by atoms with Crippen molar-refractivity contribution in [3.63, 3.8) is 0 Å². The Hall–Kier alpha value is -2.92. The summed E-state index contributed by atoms with van der Waals surface area (Å²) >= 11 is 0. The van der Waals surface area contributed by atoms with Crippen LogP contribution < -0.4 is 16.0 Å². The molecule has 0 saturated heterocycles. The number of nitrogens with one attached hydrogen (secondary N) is 3. The maximum Gasteiger partial charge on any atom is 0.149 e. The number of rotatable bonds is 5. The summed E-state index contributed by atoms with van der Waals surface area (Å²) < 4.78 is 0. The van der Waals surface area contributed by atoms with Gasteiger partial charge in [0.2, 0.25) is 0 Å². The number of benzene rings is 1. The quantitative estimate of drug-likeness (QED) is 0.589. The van der Waals surface area contributed by atoms with Crippen LogP contribution >= 0.6 is 0 Å². The lowest BCUT2D eigenvalue weighted by molar-refractivity contribution is 0.609. The smallest absolute Gasteiger partial charge is 0.149 e. The third-order valence-corrected chi connectivity index (χ3v) is 4.31. The van der Waals surface area contributed by atoms with Gasteiger partial charge in [-0.05, 0) is 43.7 Å². The van der Waals surface area contributed by atoms with Crippen LogP contribution in [0.4, 0.5) is 11.5 Å². The zero-order valence-corrected chi connectivity index (χ0v) is 15.7. The lowest BCUT2D eigenvalue weighted by Gasteiger charge is -2.27. The van der Waals surface area contributed by atoms with E-state index in [-0.39, 0.29) is 4.28 Å². The van der Waals surface area contributed by atoms with Crippen molar-refractivity contribution in [2.45, 2.75) is 19.4 Å². The van der Waals surface area contributed by atoms with Crippen LogP contribution in [0, 0.1) is 6.92 Å². The normalized spacial score (nSPS) is 14.8. The number of aryl methyl sites for hydroxylation is 1. The Labute approximate surface area is 165 Å². The van der Waals surface area contributed by atoms with Gasteiger partial charge >= 0.3 is 0 Å². The van der Waals surface area contributed by atoms with Crippen LogP contribution in [0.2, 0.25) is 0 Å². The minimum atomic E-state index is 0. The predicted octanol–water partition coefficient (Wildman–Crippen LogP) is 4.25. The van der Waals surface area contributed by atoms with Gasteiger partial charge in [0.25, 0.3) is 0 Å². The zero-order chi connectivity index (χ0) is 18.7. The first-order valence-electron chi connectivity index (χ1n) is 9.39. The average molecular weight is 368 g/mol. The highest BCUT2D eigenvalue weighted by atomic mass is 15.1. The number of nitrogens with zero attached hydrogens (tertiary/aromatic N) is 2. The van der Waals surface area contributed by atoms with Crippen molar-refractivity contribution in [3.05, 3.63) is 84.3 Å². The molecule has 2 aromatic heterocycles. The fraction of sp³-hybridized carbons (Fsp3) is 0.273. The standard InChI is InChI=1S/C16H21N5.C6H6.3H2/c1-12-4-5-13(9-19-12)6-8-17-10-14-11-20-15-3-2-7-18-16(15)21-14;1-2-4-6-5-3-1;;;/h2-5,7,9,14,17,20H,6,8,10-11H2,1H3,(H,18,21);1-6H;3*1H/t14-;;;;/m0..../s1. The molecule has 0 radical (unpaired) electrons. The van der Waals surface area contributed by atoms with Gasteiger partial charge < -0.3 is 16.0 Å². The van der Waals surface area contributed by atoms with Crippen LogP contribution in [0.5, 0.6) is 0 Å². The van der Waals surface area contributed by atoms with Gasteiger partial charge in [-0.3, -0.25) is 4.98 Å². The molecule has 3 aromatic rings. The summed E-state index contributed by atoms with van der Waals surface area (Å²) in [6, 6.07) is 20.6. The van der Waals surface area contributed by atoms with E-state index >= 15 is 0 Å². The molecule has 0 spiro atoms. The van der Waals surface area contributed by atoms with Gasteiger partial charge in [0, 0.05) is 35.5 Å². The summed E-state index contributed by atoms with van der Waals surface area (Å²) in [5.41, 5.74) is 3.42. The number of pyridine rings is 2. The van der Waals surface area contributed by atoms with Gasteiger partial charge in [-0.2, -0.15) is 0 Å². The monoisotopic (exact) mass is 367 g/mol. The Morgan fingerprint density at radius 3 is 2.52 bits per heavy atom. The van der Waals surface area contributed by atoms with Crippen molar-refractivity contribution >= 4 is 11.5 Å². The second kappa shape index (κ2) is 10.3. The number of aromatic nitrogens is 2. The van der Waals surface area contributed by atoms with Gasteiger partial charge in [0.05, 0.1) is 11.7 Å². The van der Waals surface area contributed by atoms with Crippen molar-refractivity contribution < 1.29 is 4.28 Å². The first-order chi connectivity index (χ1) is 13.3. The summed E-state index contributed by atoms with van der Waals surface area (Å²) in [5, 5.41) is 10.3. The molecule has 0 bridgehead atoms. The van der Waals surface area contributed by atoms with E-state index in [0.29, 0.717) is 6.04 Å². The molecule has 0 fully saturated rings. The Morgan fingerprint density at radius 2 is 1.81 bits per heavy atom. The highest BCUT2D eigenvalue weighted by molar-refractivity contribution is 5.66. The molecule has 146 valence electrons. The van der Waals surface area contributed by atoms with Crippen molar-refractivity contribution in [1.29, 1.82) is 0 Å². The molecule has 0 amide bonds. The number of fused-ring (bicyclic) bond motifs is 1. The maximum atomic E-state index is 4.34. The van der Waals surface area contributed by atoms with Crippen molar-refractivity contribution in [2.75, 3.05) is 30.3 Å². The van der Waals surface area contributed by atoms with E-state index in [4.69, 9.17) is 0 Å². The summed E-state index contributed by atoms with van der Waals surface area (Å²) in [5.74, 6) is 0.943. The third-order valence-electron chi connectivity index (χ3n) is 4.31. The summed E-state index contributed by atoms with van der Waals surface area (Å²) in [4.78, 5) is 8.66. The molecular weight excluding hydrogens is 334 g/mol. The minimum Gasteiger partial charge on any atom is -0.380 e. The van der Waals surface area contributed by atoms with Crippen LogP contribution in [-0.4, -0.2) is 35.6 Å².